The first-order valence-electron chi connectivity index (χ1n) is 5.76. The summed E-state index contributed by atoms with van der Waals surface area (Å²) in [6.07, 6.45) is 2.41. The number of hydrogen-bond acceptors (Lipinski definition) is 2. The summed E-state index contributed by atoms with van der Waals surface area (Å²) in [7, 11) is 0. The van der Waals surface area contributed by atoms with Crippen molar-refractivity contribution in [2.75, 3.05) is 13.2 Å². The lowest BCUT2D eigenvalue weighted by Gasteiger charge is -2.30. The molecule has 0 radical (unpaired) electrons. The lowest BCUT2D eigenvalue weighted by molar-refractivity contribution is 0.279. The van der Waals surface area contributed by atoms with Crippen LogP contribution in [0.2, 0.25) is 0 Å². The molecule has 0 saturated heterocycles. The maximum Gasteiger partial charge on any atom is 0.0556 e. The molecule has 82 valence electrons. The Labute approximate surface area is 91.3 Å². The van der Waals surface area contributed by atoms with Crippen molar-refractivity contribution in [3.05, 3.63) is 35.4 Å². The molecule has 0 unspecified atom stereocenters. The minimum absolute atomic E-state index is 0.216. The van der Waals surface area contributed by atoms with Crippen molar-refractivity contribution < 1.29 is 5.11 Å². The summed E-state index contributed by atoms with van der Waals surface area (Å²) in [4.78, 5) is 0. The van der Waals surface area contributed by atoms with Crippen LogP contribution in [-0.4, -0.2) is 18.3 Å². The number of fused-ring (bicyclic) bond motifs is 1. The number of benzene rings is 1. The molecule has 0 aliphatic heterocycles. The molecule has 0 bridgehead atoms. The normalized spacial score (nSPS) is 24.9. The van der Waals surface area contributed by atoms with E-state index in [9.17, 15) is 0 Å². The first-order valence-corrected chi connectivity index (χ1v) is 5.76. The Morgan fingerprint density at radius 1 is 1.27 bits per heavy atom. The third-order valence-corrected chi connectivity index (χ3v) is 3.29. The molecule has 2 heteroatoms. The molecule has 15 heavy (non-hydrogen) atoms. The van der Waals surface area contributed by atoms with Crippen molar-refractivity contribution in [3.8, 4) is 0 Å². The highest BCUT2D eigenvalue weighted by Crippen LogP contribution is 2.36. The van der Waals surface area contributed by atoms with Gasteiger partial charge in [0.1, 0.15) is 0 Å². The highest BCUT2D eigenvalue weighted by molar-refractivity contribution is 5.34. The lowest BCUT2D eigenvalue weighted by Crippen LogP contribution is -2.28. The van der Waals surface area contributed by atoms with Crippen molar-refractivity contribution in [1.29, 1.82) is 0 Å². The zero-order chi connectivity index (χ0) is 10.7. The van der Waals surface area contributed by atoms with Crippen molar-refractivity contribution in [2.45, 2.75) is 31.7 Å². The predicted octanol–water partition coefficient (Wildman–Crippen LogP) is 2.21. The van der Waals surface area contributed by atoms with Gasteiger partial charge in [0.05, 0.1) is 6.61 Å². The Kier molecular flexibility index (Phi) is 3.39. The second-order valence-electron chi connectivity index (χ2n) is 4.34. The summed E-state index contributed by atoms with van der Waals surface area (Å²) < 4.78 is 0. The van der Waals surface area contributed by atoms with Gasteiger partial charge in [-0.15, -0.1) is 0 Å². The molecule has 2 atom stereocenters. The summed E-state index contributed by atoms with van der Waals surface area (Å²) in [5.74, 6) is 0.674. The van der Waals surface area contributed by atoms with Crippen LogP contribution in [0.1, 0.15) is 42.9 Å². The predicted molar refractivity (Wildman–Crippen MR) is 61.9 cm³/mol. The molecule has 2 rings (SSSR count). The van der Waals surface area contributed by atoms with Crippen molar-refractivity contribution in [1.82, 2.24) is 5.32 Å². The van der Waals surface area contributed by atoms with Crippen molar-refractivity contribution in [3.63, 3.8) is 0 Å². The molecule has 0 aromatic heterocycles. The fourth-order valence-corrected chi connectivity index (χ4v) is 2.46. The Morgan fingerprint density at radius 2 is 2.00 bits per heavy atom. The summed E-state index contributed by atoms with van der Waals surface area (Å²) in [6, 6.07) is 9.09. The van der Waals surface area contributed by atoms with Crippen molar-refractivity contribution >= 4 is 0 Å². The van der Waals surface area contributed by atoms with Gasteiger partial charge in [-0.1, -0.05) is 31.2 Å². The minimum Gasteiger partial charge on any atom is -0.395 e. The topological polar surface area (TPSA) is 32.3 Å². The average Bonchev–Trinajstić information content (AvgIpc) is 2.29. The Morgan fingerprint density at radius 3 is 2.73 bits per heavy atom. The molecule has 1 aromatic carbocycles. The Hall–Kier alpha value is -0.860. The first kappa shape index (κ1) is 10.7. The Bertz CT molecular complexity index is 324. The monoisotopic (exact) mass is 205 g/mol. The maximum absolute atomic E-state index is 8.83. The molecular formula is C13H19NO. The van der Waals surface area contributed by atoms with Gasteiger partial charge in [0.2, 0.25) is 0 Å². The number of nitrogens with one attached hydrogen (secondary N) is 1. The summed E-state index contributed by atoms with van der Waals surface area (Å²) in [6.45, 7) is 3.20. The van der Waals surface area contributed by atoms with Gasteiger partial charge in [-0.2, -0.15) is 0 Å². The van der Waals surface area contributed by atoms with Crippen LogP contribution in [0.3, 0.4) is 0 Å². The molecule has 0 heterocycles. The van der Waals surface area contributed by atoms with E-state index in [1.807, 2.05) is 0 Å². The van der Waals surface area contributed by atoms with Gasteiger partial charge < -0.3 is 10.4 Å². The van der Waals surface area contributed by atoms with Gasteiger partial charge >= 0.3 is 0 Å². The second kappa shape index (κ2) is 4.77. The van der Waals surface area contributed by atoms with E-state index in [0.29, 0.717) is 18.5 Å². The third kappa shape index (κ3) is 2.21. The van der Waals surface area contributed by atoms with Gasteiger partial charge in [0, 0.05) is 12.6 Å². The quantitative estimate of drug-likeness (QED) is 0.793. The molecule has 2 nitrogen and oxygen atoms in total. The number of hydrogen-bond donors (Lipinski definition) is 2. The van der Waals surface area contributed by atoms with E-state index in [2.05, 4.69) is 36.5 Å². The maximum atomic E-state index is 8.83. The number of rotatable bonds is 3. The first-order chi connectivity index (χ1) is 7.33. The van der Waals surface area contributed by atoms with E-state index in [-0.39, 0.29) is 6.61 Å². The van der Waals surface area contributed by atoms with Crippen LogP contribution in [0.15, 0.2) is 24.3 Å². The van der Waals surface area contributed by atoms with Crippen LogP contribution in [-0.2, 0) is 0 Å². The molecular weight excluding hydrogens is 186 g/mol. The van der Waals surface area contributed by atoms with Crippen LogP contribution in [0.4, 0.5) is 0 Å². The summed E-state index contributed by atoms with van der Waals surface area (Å²) in [5, 5.41) is 12.2. The fraction of sp³-hybridized carbons (Fsp3) is 0.538. The molecule has 2 N–H and O–H groups in total. The smallest absolute Gasteiger partial charge is 0.0556 e. The third-order valence-electron chi connectivity index (χ3n) is 3.29. The van der Waals surface area contributed by atoms with Crippen LogP contribution >= 0.6 is 0 Å². The lowest BCUT2D eigenvalue weighted by atomic mass is 9.81. The standard InChI is InChI=1S/C13H19NO/c1-10-6-7-13(14-8-9-15)12-5-3-2-4-11(10)12/h2-5,10,13-15H,6-9H2,1H3/t10-,13+/m1/s1. The number of aliphatic hydroxyl groups excluding tert-OH is 1. The molecule has 0 amide bonds. The second-order valence-corrected chi connectivity index (χ2v) is 4.34. The molecule has 1 aliphatic carbocycles. The highest BCUT2D eigenvalue weighted by Gasteiger charge is 2.23. The zero-order valence-electron chi connectivity index (χ0n) is 9.24. The van der Waals surface area contributed by atoms with E-state index in [1.54, 1.807) is 0 Å². The molecule has 0 saturated carbocycles. The summed E-state index contributed by atoms with van der Waals surface area (Å²) >= 11 is 0. The largest absolute Gasteiger partial charge is 0.395 e. The van der Waals surface area contributed by atoms with E-state index in [1.165, 1.54) is 24.0 Å². The van der Waals surface area contributed by atoms with Gasteiger partial charge in [-0.05, 0) is 29.9 Å². The SMILES string of the molecule is C[C@@H]1CC[C@H](NCCO)c2ccccc21. The minimum atomic E-state index is 0.216. The van der Waals surface area contributed by atoms with E-state index in [0.717, 1.165) is 0 Å². The van der Waals surface area contributed by atoms with Gasteiger partial charge in [-0.25, -0.2) is 0 Å². The highest BCUT2D eigenvalue weighted by atomic mass is 16.3. The molecule has 0 spiro atoms. The van der Waals surface area contributed by atoms with Crippen LogP contribution < -0.4 is 5.32 Å². The molecule has 1 aliphatic rings. The molecule has 1 aromatic rings. The van der Waals surface area contributed by atoms with Crippen molar-refractivity contribution in [2.24, 2.45) is 0 Å². The van der Waals surface area contributed by atoms with Crippen LogP contribution in [0.25, 0.3) is 0 Å². The van der Waals surface area contributed by atoms with Crippen LogP contribution in [0.5, 0.6) is 0 Å². The van der Waals surface area contributed by atoms with E-state index >= 15 is 0 Å². The zero-order valence-corrected chi connectivity index (χ0v) is 9.24. The van der Waals surface area contributed by atoms with Crippen LogP contribution in [0, 0.1) is 0 Å². The van der Waals surface area contributed by atoms with Gasteiger partial charge in [0.25, 0.3) is 0 Å². The Balaban J connectivity index is 2.20. The van der Waals surface area contributed by atoms with E-state index in [4.69, 9.17) is 5.11 Å². The van der Waals surface area contributed by atoms with Gasteiger partial charge in [-0.3, -0.25) is 0 Å². The average molecular weight is 205 g/mol. The summed E-state index contributed by atoms with van der Waals surface area (Å²) in [5.41, 5.74) is 2.89. The van der Waals surface area contributed by atoms with Gasteiger partial charge in [0.15, 0.2) is 0 Å². The fourth-order valence-electron chi connectivity index (χ4n) is 2.46. The number of aliphatic hydroxyl groups is 1. The molecule has 0 fully saturated rings. The van der Waals surface area contributed by atoms with E-state index < -0.39 is 0 Å².